The van der Waals surface area contributed by atoms with Crippen molar-refractivity contribution < 1.29 is 9.53 Å². The molecular formula is C14H12N2O2. The number of aromatic nitrogens is 2. The molecular weight excluding hydrogens is 228 g/mol. The van der Waals surface area contributed by atoms with Crippen molar-refractivity contribution in [1.82, 2.24) is 9.97 Å². The van der Waals surface area contributed by atoms with Gasteiger partial charge in [0.25, 0.3) is 0 Å². The van der Waals surface area contributed by atoms with Gasteiger partial charge in [-0.3, -0.25) is 4.79 Å². The highest BCUT2D eigenvalue weighted by atomic mass is 16.5. The highest BCUT2D eigenvalue weighted by Crippen LogP contribution is 2.35. The Labute approximate surface area is 105 Å². The van der Waals surface area contributed by atoms with Crippen molar-refractivity contribution in [2.24, 2.45) is 0 Å². The van der Waals surface area contributed by atoms with E-state index in [0.717, 1.165) is 11.3 Å². The van der Waals surface area contributed by atoms with Crippen LogP contribution in [0, 0.1) is 0 Å². The van der Waals surface area contributed by atoms with Crippen molar-refractivity contribution in [3.63, 3.8) is 0 Å². The Morgan fingerprint density at radius 1 is 1.22 bits per heavy atom. The van der Waals surface area contributed by atoms with Crippen LogP contribution in [-0.2, 0) is 0 Å². The lowest BCUT2D eigenvalue weighted by Crippen LogP contribution is -2.21. The molecule has 18 heavy (non-hydrogen) atoms. The third kappa shape index (κ3) is 1.86. The molecule has 1 atom stereocenters. The van der Waals surface area contributed by atoms with Crippen molar-refractivity contribution in [2.45, 2.75) is 12.3 Å². The van der Waals surface area contributed by atoms with E-state index in [-0.39, 0.29) is 11.7 Å². The molecule has 0 bridgehead atoms. The maximum atomic E-state index is 12.4. The lowest BCUT2D eigenvalue weighted by molar-refractivity contribution is 0.0932. The van der Waals surface area contributed by atoms with Gasteiger partial charge in [-0.2, -0.15) is 0 Å². The number of carbonyl (C=O) groups excluding carboxylic acids is 1. The number of para-hydroxylation sites is 1. The molecule has 0 amide bonds. The first-order chi connectivity index (χ1) is 8.86. The Balaban J connectivity index is 1.97. The van der Waals surface area contributed by atoms with E-state index in [1.807, 2.05) is 24.3 Å². The molecule has 0 aliphatic carbocycles. The number of rotatable bonds is 2. The second-order valence-electron chi connectivity index (χ2n) is 4.22. The zero-order chi connectivity index (χ0) is 12.4. The topological polar surface area (TPSA) is 52.1 Å². The third-order valence-electron chi connectivity index (χ3n) is 3.12. The fourth-order valence-electron chi connectivity index (χ4n) is 2.24. The number of fused-ring (bicyclic) bond motifs is 1. The molecule has 0 fully saturated rings. The van der Waals surface area contributed by atoms with Crippen molar-refractivity contribution in [2.75, 3.05) is 6.61 Å². The quantitative estimate of drug-likeness (QED) is 0.755. The van der Waals surface area contributed by atoms with Crippen LogP contribution in [0.25, 0.3) is 0 Å². The van der Waals surface area contributed by atoms with Crippen LogP contribution in [0.2, 0.25) is 0 Å². The van der Waals surface area contributed by atoms with Crippen LogP contribution < -0.4 is 4.74 Å². The van der Waals surface area contributed by atoms with E-state index in [2.05, 4.69) is 9.97 Å². The number of nitrogens with zero attached hydrogens (tertiary/aromatic N) is 2. The van der Waals surface area contributed by atoms with Gasteiger partial charge in [-0.15, -0.1) is 0 Å². The molecule has 3 rings (SSSR count). The zero-order valence-corrected chi connectivity index (χ0v) is 9.74. The van der Waals surface area contributed by atoms with Gasteiger partial charge >= 0.3 is 0 Å². The minimum atomic E-state index is -0.152. The van der Waals surface area contributed by atoms with Gasteiger partial charge in [-0.05, 0) is 12.5 Å². The summed E-state index contributed by atoms with van der Waals surface area (Å²) >= 11 is 0. The summed E-state index contributed by atoms with van der Waals surface area (Å²) in [5, 5.41) is 0. The second kappa shape index (κ2) is 4.56. The van der Waals surface area contributed by atoms with Crippen molar-refractivity contribution in [3.8, 4) is 5.75 Å². The molecule has 1 aromatic heterocycles. The largest absolute Gasteiger partial charge is 0.493 e. The van der Waals surface area contributed by atoms with Gasteiger partial charge in [-0.25, -0.2) is 9.97 Å². The van der Waals surface area contributed by atoms with Gasteiger partial charge < -0.3 is 4.74 Å². The van der Waals surface area contributed by atoms with E-state index in [1.54, 1.807) is 12.4 Å². The summed E-state index contributed by atoms with van der Waals surface area (Å²) in [7, 11) is 0. The van der Waals surface area contributed by atoms with E-state index in [4.69, 9.17) is 4.74 Å². The molecule has 2 aromatic rings. The zero-order valence-electron chi connectivity index (χ0n) is 9.74. The maximum Gasteiger partial charge on any atom is 0.173 e. The number of ketones is 1. The average Bonchev–Trinajstić information content (AvgIpc) is 2.47. The van der Waals surface area contributed by atoms with Gasteiger partial charge in [0, 0.05) is 18.0 Å². The Hall–Kier alpha value is -2.23. The van der Waals surface area contributed by atoms with Gasteiger partial charge in [0.1, 0.15) is 12.1 Å². The van der Waals surface area contributed by atoms with E-state index < -0.39 is 0 Å². The van der Waals surface area contributed by atoms with Gasteiger partial charge in [0.05, 0.1) is 18.1 Å². The van der Waals surface area contributed by atoms with Crippen LogP contribution in [0.5, 0.6) is 5.75 Å². The molecule has 1 aliphatic rings. The van der Waals surface area contributed by atoms with Crippen molar-refractivity contribution in [1.29, 1.82) is 0 Å². The van der Waals surface area contributed by atoms with E-state index >= 15 is 0 Å². The first-order valence-corrected chi connectivity index (χ1v) is 5.87. The standard InChI is InChI=1S/C14H12N2O2/c17-14(10-7-15-9-16-8-10)12-5-6-18-13-4-2-1-3-11(12)13/h1-4,7-9,12H,5-6H2. The molecule has 1 aliphatic heterocycles. The molecule has 0 N–H and O–H groups in total. The summed E-state index contributed by atoms with van der Waals surface area (Å²) in [6, 6.07) is 7.68. The lowest BCUT2D eigenvalue weighted by Gasteiger charge is -2.24. The number of ether oxygens (including phenoxy) is 1. The Morgan fingerprint density at radius 3 is 2.83 bits per heavy atom. The Morgan fingerprint density at radius 2 is 2.00 bits per heavy atom. The van der Waals surface area contributed by atoms with Crippen LogP contribution in [-0.4, -0.2) is 22.4 Å². The highest BCUT2D eigenvalue weighted by molar-refractivity contribution is 6.01. The van der Waals surface area contributed by atoms with Crippen LogP contribution >= 0.6 is 0 Å². The van der Waals surface area contributed by atoms with Crippen molar-refractivity contribution >= 4 is 5.78 Å². The van der Waals surface area contributed by atoms with E-state index in [9.17, 15) is 4.79 Å². The molecule has 0 saturated carbocycles. The number of benzene rings is 1. The van der Waals surface area contributed by atoms with Gasteiger partial charge in [0.2, 0.25) is 0 Å². The molecule has 1 unspecified atom stereocenters. The summed E-state index contributed by atoms with van der Waals surface area (Å²) in [6.45, 7) is 0.571. The van der Waals surface area contributed by atoms with Gasteiger partial charge in [-0.1, -0.05) is 18.2 Å². The molecule has 4 nitrogen and oxygen atoms in total. The molecule has 2 heterocycles. The summed E-state index contributed by atoms with van der Waals surface area (Å²) in [5.74, 6) is 0.714. The van der Waals surface area contributed by atoms with Crippen molar-refractivity contribution in [3.05, 3.63) is 54.1 Å². The first-order valence-electron chi connectivity index (χ1n) is 5.87. The summed E-state index contributed by atoms with van der Waals surface area (Å²) in [5.41, 5.74) is 1.51. The molecule has 0 radical (unpaired) electrons. The highest BCUT2D eigenvalue weighted by Gasteiger charge is 2.28. The van der Waals surface area contributed by atoms with Crippen LogP contribution in [0.1, 0.15) is 28.3 Å². The molecule has 90 valence electrons. The number of carbonyl (C=O) groups is 1. The monoisotopic (exact) mass is 240 g/mol. The van der Waals surface area contributed by atoms with E-state index in [1.165, 1.54) is 6.33 Å². The fraction of sp³-hybridized carbons (Fsp3) is 0.214. The average molecular weight is 240 g/mol. The van der Waals surface area contributed by atoms with Crippen LogP contribution in [0.15, 0.2) is 43.0 Å². The minimum absolute atomic E-state index is 0.0614. The Kier molecular flexibility index (Phi) is 2.76. The smallest absolute Gasteiger partial charge is 0.173 e. The van der Waals surface area contributed by atoms with Gasteiger partial charge in [0.15, 0.2) is 5.78 Å². The second-order valence-corrected chi connectivity index (χ2v) is 4.22. The molecule has 0 spiro atoms. The summed E-state index contributed by atoms with van der Waals surface area (Å²) in [6.07, 6.45) is 5.25. The summed E-state index contributed by atoms with van der Waals surface area (Å²) < 4.78 is 5.56. The third-order valence-corrected chi connectivity index (χ3v) is 3.12. The Bertz CT molecular complexity index is 569. The lowest BCUT2D eigenvalue weighted by atomic mass is 9.87. The normalized spacial score (nSPS) is 17.7. The predicted octanol–water partition coefficient (Wildman–Crippen LogP) is 2.23. The number of hydrogen-bond acceptors (Lipinski definition) is 4. The van der Waals surface area contributed by atoms with Crippen LogP contribution in [0.4, 0.5) is 0 Å². The SMILES string of the molecule is O=C(c1cncnc1)C1CCOc2ccccc21. The summed E-state index contributed by atoms with van der Waals surface area (Å²) in [4.78, 5) is 20.2. The predicted molar refractivity (Wildman–Crippen MR) is 65.7 cm³/mol. The van der Waals surface area contributed by atoms with E-state index in [0.29, 0.717) is 18.6 Å². The fourth-order valence-corrected chi connectivity index (χ4v) is 2.24. The first kappa shape index (κ1) is 10.9. The number of hydrogen-bond donors (Lipinski definition) is 0. The minimum Gasteiger partial charge on any atom is -0.493 e. The molecule has 1 aromatic carbocycles. The molecule has 4 heteroatoms. The van der Waals surface area contributed by atoms with Crippen LogP contribution in [0.3, 0.4) is 0 Å². The molecule has 0 saturated heterocycles. The number of Topliss-reactive ketones (excluding diaryl/α,β-unsaturated/α-hetero) is 1. The maximum absolute atomic E-state index is 12.4.